The zero-order valence-electron chi connectivity index (χ0n) is 13.7. The van der Waals surface area contributed by atoms with Crippen molar-refractivity contribution in [2.45, 2.75) is 25.9 Å². The Balaban J connectivity index is 0.00000264. The molecule has 1 saturated heterocycles. The molecule has 1 atom stereocenters. The van der Waals surface area contributed by atoms with E-state index in [-0.39, 0.29) is 35.8 Å². The molecule has 130 valence electrons. The summed E-state index contributed by atoms with van der Waals surface area (Å²) in [7, 11) is 1.58. The second-order valence-corrected chi connectivity index (χ2v) is 5.37. The van der Waals surface area contributed by atoms with Crippen molar-refractivity contribution in [3.05, 3.63) is 23.8 Å². The van der Waals surface area contributed by atoms with Crippen molar-refractivity contribution in [1.82, 2.24) is 10.2 Å². The Morgan fingerprint density at radius 1 is 1.48 bits per heavy atom. The van der Waals surface area contributed by atoms with Gasteiger partial charge in [0.25, 0.3) is 0 Å². The van der Waals surface area contributed by atoms with Gasteiger partial charge >= 0.3 is 0 Å². The molecule has 0 aromatic heterocycles. The molecular weight excluding hydrogens is 409 g/mol. The van der Waals surface area contributed by atoms with Gasteiger partial charge in [-0.05, 0) is 31.4 Å². The smallest absolute Gasteiger partial charge is 0.194 e. The quantitative estimate of drug-likeness (QED) is 0.372. The molecule has 0 radical (unpaired) electrons. The zero-order valence-corrected chi connectivity index (χ0v) is 16.0. The van der Waals surface area contributed by atoms with Crippen LogP contribution in [0.3, 0.4) is 0 Å². The maximum atomic E-state index is 9.95. The van der Waals surface area contributed by atoms with Crippen LogP contribution >= 0.6 is 24.0 Å². The number of phenolic OH excluding ortho intramolecular Hbond substituents is 1. The molecule has 1 fully saturated rings. The summed E-state index contributed by atoms with van der Waals surface area (Å²) < 4.78 is 5.07. The van der Waals surface area contributed by atoms with Crippen molar-refractivity contribution < 1.29 is 14.9 Å². The molecule has 1 aliphatic rings. The number of likely N-dealkylation sites (tertiary alicyclic amines) is 1. The summed E-state index contributed by atoms with van der Waals surface area (Å²) in [6, 6.07) is 5.30. The van der Waals surface area contributed by atoms with Gasteiger partial charge in [-0.3, -0.25) is 4.99 Å². The van der Waals surface area contributed by atoms with Gasteiger partial charge < -0.3 is 25.2 Å². The fourth-order valence-electron chi connectivity index (χ4n) is 2.52. The summed E-state index contributed by atoms with van der Waals surface area (Å²) >= 11 is 0. The van der Waals surface area contributed by atoms with Gasteiger partial charge in [-0.25, -0.2) is 0 Å². The van der Waals surface area contributed by atoms with E-state index >= 15 is 0 Å². The van der Waals surface area contributed by atoms with Gasteiger partial charge in [0.1, 0.15) is 11.5 Å². The van der Waals surface area contributed by atoms with Gasteiger partial charge in [-0.15, -0.1) is 24.0 Å². The number of ether oxygens (including phenoxy) is 1. The van der Waals surface area contributed by atoms with Crippen molar-refractivity contribution in [3.8, 4) is 11.5 Å². The molecule has 0 amide bonds. The van der Waals surface area contributed by atoms with E-state index in [9.17, 15) is 10.2 Å². The van der Waals surface area contributed by atoms with E-state index in [1.165, 1.54) is 0 Å². The number of nitrogens with zero attached hydrogens (tertiary/aromatic N) is 2. The van der Waals surface area contributed by atoms with Gasteiger partial charge in [0.2, 0.25) is 0 Å². The number of phenols is 1. The number of guanidine groups is 1. The summed E-state index contributed by atoms with van der Waals surface area (Å²) in [5.41, 5.74) is 0.849. The minimum atomic E-state index is -0.269. The number of aliphatic hydroxyl groups is 1. The fourth-order valence-corrected chi connectivity index (χ4v) is 2.52. The Kier molecular flexibility index (Phi) is 8.46. The number of rotatable bonds is 5. The van der Waals surface area contributed by atoms with E-state index in [1.807, 2.05) is 19.1 Å². The highest BCUT2D eigenvalue weighted by molar-refractivity contribution is 14.0. The second kappa shape index (κ2) is 9.82. The van der Waals surface area contributed by atoms with Crippen molar-refractivity contribution in [3.63, 3.8) is 0 Å². The lowest BCUT2D eigenvalue weighted by atomic mass is 10.1. The summed E-state index contributed by atoms with van der Waals surface area (Å²) in [6.45, 7) is 4.84. The molecule has 0 unspecified atom stereocenters. The second-order valence-electron chi connectivity index (χ2n) is 5.37. The highest BCUT2D eigenvalue weighted by Crippen LogP contribution is 2.23. The molecule has 0 spiro atoms. The number of hydrogen-bond acceptors (Lipinski definition) is 4. The van der Waals surface area contributed by atoms with Gasteiger partial charge in [0.15, 0.2) is 5.96 Å². The highest BCUT2D eigenvalue weighted by atomic mass is 127. The first-order chi connectivity index (χ1) is 10.6. The predicted molar refractivity (Wildman–Crippen MR) is 102 cm³/mol. The molecule has 7 heteroatoms. The van der Waals surface area contributed by atoms with Gasteiger partial charge in [0, 0.05) is 32.2 Å². The predicted octanol–water partition coefficient (Wildman–Crippen LogP) is 1.59. The van der Waals surface area contributed by atoms with Crippen LogP contribution in [-0.2, 0) is 6.42 Å². The highest BCUT2D eigenvalue weighted by Gasteiger charge is 2.22. The topological polar surface area (TPSA) is 77.3 Å². The summed E-state index contributed by atoms with van der Waals surface area (Å²) in [6.07, 6.45) is 1.17. The van der Waals surface area contributed by atoms with E-state index in [0.717, 1.165) is 31.0 Å². The SMILES string of the molecule is CCNC(=NCCc1ccc(OC)cc1O)N1CC[C@@H](O)C1.I. The third-order valence-corrected chi connectivity index (χ3v) is 3.73. The number of nitrogens with one attached hydrogen (secondary N) is 1. The third-order valence-electron chi connectivity index (χ3n) is 3.73. The van der Waals surface area contributed by atoms with Crippen LogP contribution in [0, 0.1) is 0 Å². The molecule has 3 N–H and O–H groups in total. The average molecular weight is 435 g/mol. The first kappa shape index (κ1) is 19.8. The largest absolute Gasteiger partial charge is 0.508 e. The molecule has 1 aromatic carbocycles. The molecule has 1 aliphatic heterocycles. The maximum absolute atomic E-state index is 9.95. The van der Waals surface area contributed by atoms with Gasteiger partial charge in [0.05, 0.1) is 13.2 Å². The lowest BCUT2D eigenvalue weighted by molar-refractivity contribution is 0.188. The number of methoxy groups -OCH3 is 1. The van der Waals surface area contributed by atoms with Crippen molar-refractivity contribution in [2.75, 3.05) is 33.3 Å². The Labute approximate surface area is 154 Å². The number of β-amino-alcohol motifs (C(OH)–C–C–N with tert-alkyl or cyclic N) is 1. The van der Waals surface area contributed by atoms with Crippen LogP contribution in [0.5, 0.6) is 11.5 Å². The van der Waals surface area contributed by atoms with E-state index < -0.39 is 0 Å². The fraction of sp³-hybridized carbons (Fsp3) is 0.562. The number of aliphatic imine (C=N–C) groups is 1. The van der Waals surface area contributed by atoms with Crippen LogP contribution < -0.4 is 10.1 Å². The zero-order chi connectivity index (χ0) is 15.9. The molecule has 1 heterocycles. The van der Waals surface area contributed by atoms with Crippen LogP contribution in [0.2, 0.25) is 0 Å². The summed E-state index contributed by atoms with van der Waals surface area (Å²) in [4.78, 5) is 6.66. The molecular formula is C16H26IN3O3. The lowest BCUT2D eigenvalue weighted by Gasteiger charge is -2.20. The minimum absolute atomic E-state index is 0. The normalized spacial score (nSPS) is 17.8. The summed E-state index contributed by atoms with van der Waals surface area (Å²) in [5.74, 6) is 1.70. The van der Waals surface area contributed by atoms with Gasteiger partial charge in [-0.1, -0.05) is 6.07 Å². The third kappa shape index (κ3) is 5.72. The van der Waals surface area contributed by atoms with E-state index in [4.69, 9.17) is 4.74 Å². The number of aromatic hydroxyl groups is 1. The average Bonchev–Trinajstić information content (AvgIpc) is 2.94. The van der Waals surface area contributed by atoms with Crippen LogP contribution in [0.15, 0.2) is 23.2 Å². The molecule has 0 bridgehead atoms. The first-order valence-electron chi connectivity index (χ1n) is 7.71. The standard InChI is InChI=1S/C16H25N3O3.HI/c1-3-17-16(19-9-7-13(20)11-19)18-8-6-12-4-5-14(22-2)10-15(12)21;/h4-5,10,13,20-21H,3,6-9,11H2,1-2H3,(H,17,18);1H/t13-;/m1./s1. The maximum Gasteiger partial charge on any atom is 0.194 e. The Hall–Kier alpha value is -1.22. The van der Waals surface area contributed by atoms with Gasteiger partial charge in [-0.2, -0.15) is 0 Å². The Bertz CT molecular complexity index is 525. The number of benzene rings is 1. The number of halogens is 1. The van der Waals surface area contributed by atoms with Crippen molar-refractivity contribution >= 4 is 29.9 Å². The monoisotopic (exact) mass is 435 g/mol. The molecule has 6 nitrogen and oxygen atoms in total. The van der Waals surface area contributed by atoms with Crippen LogP contribution in [0.1, 0.15) is 18.9 Å². The van der Waals surface area contributed by atoms with Crippen molar-refractivity contribution in [1.29, 1.82) is 0 Å². The van der Waals surface area contributed by atoms with Crippen molar-refractivity contribution in [2.24, 2.45) is 4.99 Å². The molecule has 0 aliphatic carbocycles. The molecule has 1 aromatic rings. The lowest BCUT2D eigenvalue weighted by Crippen LogP contribution is -2.40. The number of hydrogen-bond donors (Lipinski definition) is 3. The minimum Gasteiger partial charge on any atom is -0.508 e. The first-order valence-corrected chi connectivity index (χ1v) is 7.71. The Morgan fingerprint density at radius 3 is 2.83 bits per heavy atom. The molecule has 0 saturated carbocycles. The van der Waals surface area contributed by atoms with Crippen LogP contribution in [-0.4, -0.2) is 60.5 Å². The summed E-state index contributed by atoms with van der Waals surface area (Å²) in [5, 5.41) is 22.8. The van der Waals surface area contributed by atoms with E-state index in [2.05, 4.69) is 15.2 Å². The van der Waals surface area contributed by atoms with Crippen LogP contribution in [0.25, 0.3) is 0 Å². The Morgan fingerprint density at radius 2 is 2.26 bits per heavy atom. The molecule has 2 rings (SSSR count). The number of aliphatic hydroxyl groups excluding tert-OH is 1. The van der Waals surface area contributed by atoms with Crippen LogP contribution in [0.4, 0.5) is 0 Å². The molecule has 23 heavy (non-hydrogen) atoms. The van der Waals surface area contributed by atoms with E-state index in [0.29, 0.717) is 25.3 Å². The van der Waals surface area contributed by atoms with E-state index in [1.54, 1.807) is 13.2 Å².